The lowest BCUT2D eigenvalue weighted by atomic mass is 10.1. The molecule has 0 aliphatic carbocycles. The predicted octanol–water partition coefficient (Wildman–Crippen LogP) is 2.04. The summed E-state index contributed by atoms with van der Waals surface area (Å²) in [5.41, 5.74) is 2.67. The van der Waals surface area contributed by atoms with Gasteiger partial charge in [-0.1, -0.05) is 6.07 Å². The fourth-order valence-corrected chi connectivity index (χ4v) is 3.28. The second-order valence-electron chi connectivity index (χ2n) is 6.67. The molecule has 0 saturated carbocycles. The van der Waals surface area contributed by atoms with Gasteiger partial charge < -0.3 is 19.1 Å². The van der Waals surface area contributed by atoms with Crippen LogP contribution in [-0.4, -0.2) is 46.8 Å². The van der Waals surface area contributed by atoms with Gasteiger partial charge in [0.2, 0.25) is 12.7 Å². The molecule has 0 spiro atoms. The third-order valence-electron chi connectivity index (χ3n) is 4.52. The average Bonchev–Trinajstić information content (AvgIpc) is 3.22. The zero-order valence-electron chi connectivity index (χ0n) is 14.9. The second-order valence-corrected chi connectivity index (χ2v) is 6.67. The quantitative estimate of drug-likeness (QED) is 0.836. The molecule has 1 fully saturated rings. The smallest absolute Gasteiger partial charge is 0.317 e. The zero-order chi connectivity index (χ0) is 18.1. The lowest BCUT2D eigenvalue weighted by Crippen LogP contribution is -2.32. The first-order valence-corrected chi connectivity index (χ1v) is 8.72. The zero-order valence-corrected chi connectivity index (χ0v) is 14.9. The number of likely N-dealkylation sites (tertiary alicyclic amines) is 1. The Morgan fingerprint density at radius 2 is 1.96 bits per heavy atom. The van der Waals surface area contributed by atoms with E-state index < -0.39 is 0 Å². The monoisotopic (exact) mass is 355 g/mol. The number of fused-ring (bicyclic) bond motifs is 1. The van der Waals surface area contributed by atoms with Gasteiger partial charge >= 0.3 is 6.01 Å². The molecular weight excluding hydrogens is 334 g/mol. The summed E-state index contributed by atoms with van der Waals surface area (Å²) in [5.74, 6) is 1.51. The Labute approximate surface area is 151 Å². The van der Waals surface area contributed by atoms with Crippen LogP contribution in [0.5, 0.6) is 17.5 Å². The van der Waals surface area contributed by atoms with Crippen LogP contribution in [0.3, 0.4) is 0 Å². The highest BCUT2D eigenvalue weighted by Crippen LogP contribution is 2.32. The van der Waals surface area contributed by atoms with Crippen molar-refractivity contribution in [3.05, 3.63) is 41.2 Å². The summed E-state index contributed by atoms with van der Waals surface area (Å²) in [4.78, 5) is 23.0. The number of carbonyl (C=O) groups excluding carboxylic acids is 1. The van der Waals surface area contributed by atoms with E-state index in [0.717, 1.165) is 29.1 Å². The minimum atomic E-state index is -0.0723. The van der Waals surface area contributed by atoms with Crippen LogP contribution in [0.4, 0.5) is 0 Å². The summed E-state index contributed by atoms with van der Waals surface area (Å²) in [7, 11) is 0. The van der Waals surface area contributed by atoms with Crippen molar-refractivity contribution in [2.75, 3.05) is 19.9 Å². The van der Waals surface area contributed by atoms with E-state index in [2.05, 4.69) is 9.97 Å². The first kappa shape index (κ1) is 16.6. The molecular formula is C19H21N3O4. The lowest BCUT2D eigenvalue weighted by Gasteiger charge is -2.17. The number of aryl methyl sites for hydroxylation is 2. The molecule has 1 aromatic heterocycles. The molecule has 26 heavy (non-hydrogen) atoms. The Morgan fingerprint density at radius 1 is 1.19 bits per heavy atom. The number of hydrogen-bond acceptors (Lipinski definition) is 6. The number of benzene rings is 1. The molecule has 1 aromatic carbocycles. The standard InChI is InChI=1S/C19H21N3O4/c1-12-7-13(2)21-19(20-12)26-15-5-6-22(10-15)18(23)9-14-3-4-16-17(8-14)25-11-24-16/h3-4,7-8,15H,5-6,9-11H2,1-2H3. The van der Waals surface area contributed by atoms with E-state index >= 15 is 0 Å². The van der Waals surface area contributed by atoms with E-state index in [9.17, 15) is 4.79 Å². The number of nitrogens with zero attached hydrogens (tertiary/aromatic N) is 3. The number of carbonyl (C=O) groups is 1. The Balaban J connectivity index is 1.35. The maximum Gasteiger partial charge on any atom is 0.317 e. The summed E-state index contributed by atoms with van der Waals surface area (Å²) in [6.45, 7) is 5.30. The maximum absolute atomic E-state index is 12.6. The molecule has 4 rings (SSSR count). The number of ether oxygens (including phenoxy) is 3. The van der Waals surface area contributed by atoms with Crippen molar-refractivity contribution in [3.8, 4) is 17.5 Å². The number of aromatic nitrogens is 2. The van der Waals surface area contributed by atoms with Gasteiger partial charge in [-0.05, 0) is 37.6 Å². The third kappa shape index (κ3) is 3.56. The van der Waals surface area contributed by atoms with Crippen molar-refractivity contribution in [3.63, 3.8) is 0 Å². The molecule has 3 heterocycles. The highest BCUT2D eigenvalue weighted by Gasteiger charge is 2.28. The summed E-state index contributed by atoms with van der Waals surface area (Å²) in [6.07, 6.45) is 1.05. The van der Waals surface area contributed by atoms with Gasteiger partial charge in [0, 0.05) is 24.4 Å². The van der Waals surface area contributed by atoms with Crippen molar-refractivity contribution >= 4 is 5.91 Å². The summed E-state index contributed by atoms with van der Waals surface area (Å²) in [6, 6.07) is 7.91. The minimum absolute atomic E-state index is 0.0723. The van der Waals surface area contributed by atoms with E-state index in [0.29, 0.717) is 31.3 Å². The predicted molar refractivity (Wildman–Crippen MR) is 93.4 cm³/mol. The van der Waals surface area contributed by atoms with Gasteiger partial charge in [-0.15, -0.1) is 0 Å². The maximum atomic E-state index is 12.6. The van der Waals surface area contributed by atoms with Gasteiger partial charge in [0.1, 0.15) is 6.10 Å². The molecule has 0 bridgehead atoms. The number of amides is 1. The molecule has 2 aromatic rings. The van der Waals surface area contributed by atoms with Gasteiger partial charge in [-0.3, -0.25) is 4.79 Å². The third-order valence-corrected chi connectivity index (χ3v) is 4.52. The van der Waals surface area contributed by atoms with Crippen LogP contribution in [0.1, 0.15) is 23.4 Å². The molecule has 1 amide bonds. The van der Waals surface area contributed by atoms with E-state index in [4.69, 9.17) is 14.2 Å². The molecule has 7 heteroatoms. The largest absolute Gasteiger partial charge is 0.458 e. The molecule has 1 saturated heterocycles. The van der Waals surface area contributed by atoms with Gasteiger partial charge in [0.05, 0.1) is 13.0 Å². The summed E-state index contributed by atoms with van der Waals surface area (Å²) < 4.78 is 16.5. The first-order valence-electron chi connectivity index (χ1n) is 8.72. The van der Waals surface area contributed by atoms with Crippen molar-refractivity contribution in [1.29, 1.82) is 0 Å². The molecule has 0 radical (unpaired) electrons. The molecule has 0 N–H and O–H groups in total. The Bertz CT molecular complexity index is 819. The van der Waals surface area contributed by atoms with E-state index in [1.807, 2.05) is 43.0 Å². The van der Waals surface area contributed by atoms with Crippen molar-refractivity contribution in [1.82, 2.24) is 14.9 Å². The summed E-state index contributed by atoms with van der Waals surface area (Å²) in [5, 5.41) is 0. The molecule has 1 unspecified atom stereocenters. The van der Waals surface area contributed by atoms with Crippen molar-refractivity contribution < 1.29 is 19.0 Å². The average molecular weight is 355 g/mol. The molecule has 2 aliphatic heterocycles. The van der Waals surface area contributed by atoms with Crippen LogP contribution in [0.2, 0.25) is 0 Å². The fourth-order valence-electron chi connectivity index (χ4n) is 3.28. The van der Waals surface area contributed by atoms with Crippen LogP contribution in [0, 0.1) is 13.8 Å². The normalized spacial score (nSPS) is 18.2. The summed E-state index contributed by atoms with van der Waals surface area (Å²) >= 11 is 0. The fraction of sp³-hybridized carbons (Fsp3) is 0.421. The topological polar surface area (TPSA) is 73.8 Å². The van der Waals surface area contributed by atoms with Gasteiger partial charge in [-0.25, -0.2) is 9.97 Å². The highest BCUT2D eigenvalue weighted by atomic mass is 16.7. The number of rotatable bonds is 4. The molecule has 1 atom stereocenters. The SMILES string of the molecule is Cc1cc(C)nc(OC2CCN(C(=O)Cc3ccc4c(c3)OCO4)C2)n1. The van der Waals surface area contributed by atoms with Crippen molar-refractivity contribution in [2.24, 2.45) is 0 Å². The van der Waals surface area contributed by atoms with Crippen LogP contribution in [0.15, 0.2) is 24.3 Å². The van der Waals surface area contributed by atoms with Crippen molar-refractivity contribution in [2.45, 2.75) is 32.8 Å². The lowest BCUT2D eigenvalue weighted by molar-refractivity contribution is -0.129. The van der Waals surface area contributed by atoms with Gasteiger partial charge in [0.15, 0.2) is 11.5 Å². The van der Waals surface area contributed by atoms with Crippen LogP contribution >= 0.6 is 0 Å². The Morgan fingerprint density at radius 3 is 2.77 bits per heavy atom. The van der Waals surface area contributed by atoms with E-state index in [1.165, 1.54) is 0 Å². The van der Waals surface area contributed by atoms with Gasteiger partial charge in [0.25, 0.3) is 0 Å². The van der Waals surface area contributed by atoms with Crippen LogP contribution in [0.25, 0.3) is 0 Å². The molecule has 7 nitrogen and oxygen atoms in total. The van der Waals surface area contributed by atoms with Crippen LogP contribution < -0.4 is 14.2 Å². The Kier molecular flexibility index (Phi) is 4.36. The highest BCUT2D eigenvalue weighted by molar-refractivity contribution is 5.79. The molecule has 2 aliphatic rings. The van der Waals surface area contributed by atoms with Crippen LogP contribution in [-0.2, 0) is 11.2 Å². The second kappa shape index (κ2) is 6.82. The molecule has 136 valence electrons. The van der Waals surface area contributed by atoms with E-state index in [1.54, 1.807) is 0 Å². The first-order chi connectivity index (χ1) is 12.6. The Hall–Kier alpha value is -2.83. The van der Waals surface area contributed by atoms with E-state index in [-0.39, 0.29) is 18.8 Å². The number of hydrogen-bond donors (Lipinski definition) is 0. The minimum Gasteiger partial charge on any atom is -0.458 e. The van der Waals surface area contributed by atoms with Gasteiger partial charge in [-0.2, -0.15) is 0 Å².